The number of nitro groups is 2. The summed E-state index contributed by atoms with van der Waals surface area (Å²) < 4.78 is 25.9. The van der Waals surface area contributed by atoms with Gasteiger partial charge in [-0.05, 0) is 142 Å². The van der Waals surface area contributed by atoms with Crippen molar-refractivity contribution in [2.24, 2.45) is 24.9 Å². The van der Waals surface area contributed by atoms with Gasteiger partial charge in [0.25, 0.3) is 11.4 Å². The molecule has 4 aliphatic heterocycles. The van der Waals surface area contributed by atoms with Crippen molar-refractivity contribution in [1.29, 1.82) is 0 Å². The summed E-state index contributed by atoms with van der Waals surface area (Å²) in [5.41, 5.74) is 6.98. The zero-order chi connectivity index (χ0) is 67.2. The Morgan fingerprint density at radius 3 is 1.28 bits per heavy atom. The number of likely N-dealkylation sites (tertiary alicyclic amines) is 2. The number of nitrogens with zero attached hydrogens (tertiary/aromatic N) is 12. The number of fused-ring (bicyclic) bond motifs is 2. The number of ether oxygens (including phenoxy) is 4. The van der Waals surface area contributed by atoms with Crippen molar-refractivity contribution in [2.45, 2.75) is 91.3 Å². The zero-order valence-corrected chi connectivity index (χ0v) is 58.6. The topological polar surface area (TPSA) is 276 Å². The van der Waals surface area contributed by atoms with Gasteiger partial charge in [-0.3, -0.25) is 20.2 Å². The minimum absolute atomic E-state index is 0. The Balaban J connectivity index is 0.000000228. The Morgan fingerprint density at radius 1 is 0.579 bits per heavy atom. The van der Waals surface area contributed by atoms with Crippen LogP contribution >= 0.6 is 0 Å². The van der Waals surface area contributed by atoms with Crippen LogP contribution in [0.2, 0.25) is 0 Å². The van der Waals surface area contributed by atoms with Crippen LogP contribution in [0, 0.1) is 31.1 Å². The van der Waals surface area contributed by atoms with Crippen molar-refractivity contribution in [3.05, 3.63) is 129 Å². The number of piperidine rings is 4. The second-order valence-electron chi connectivity index (χ2n) is 25.7. The van der Waals surface area contributed by atoms with Gasteiger partial charge in [0, 0.05) is 128 Å². The van der Waals surface area contributed by atoms with Crippen LogP contribution in [0.5, 0.6) is 11.5 Å². The number of carbonyl (C=O) groups excluding carboxylic acids is 2. The summed E-state index contributed by atoms with van der Waals surface area (Å²) in [6.45, 7) is 14.4. The Kier molecular flexibility index (Phi) is 22.8. The third-order valence-corrected chi connectivity index (χ3v) is 18.8. The van der Waals surface area contributed by atoms with Gasteiger partial charge in [-0.25, -0.2) is 29.5 Å². The van der Waals surface area contributed by atoms with Crippen LogP contribution < -0.4 is 59.5 Å². The predicted molar refractivity (Wildman–Crippen MR) is 365 cm³/mol. The van der Waals surface area contributed by atoms with Gasteiger partial charge in [0.2, 0.25) is 11.9 Å². The molecule has 26 heteroatoms. The predicted octanol–water partition coefficient (Wildman–Crippen LogP) is 9.07. The van der Waals surface area contributed by atoms with E-state index in [1.807, 2.05) is 84.2 Å². The van der Waals surface area contributed by atoms with Crippen LogP contribution in [0.1, 0.15) is 101 Å². The van der Waals surface area contributed by atoms with Gasteiger partial charge in [0.05, 0.1) is 60.0 Å². The first-order valence-electron chi connectivity index (χ1n) is 32.0. The molecule has 500 valence electrons. The van der Waals surface area contributed by atoms with Crippen LogP contribution in [0.25, 0.3) is 44.3 Å². The molecule has 0 atom stereocenters. The fourth-order valence-electron chi connectivity index (χ4n) is 13.4. The molecular weight excluding hydrogens is 1220 g/mol. The number of rotatable bonds is 15. The normalized spacial score (nSPS) is 16.1. The number of benzene rings is 4. The van der Waals surface area contributed by atoms with Crippen molar-refractivity contribution >= 4 is 79.8 Å². The largest absolute Gasteiger partial charge is 1.00 e. The van der Waals surface area contributed by atoms with Crippen LogP contribution in [0.4, 0.5) is 46.0 Å². The third-order valence-electron chi connectivity index (χ3n) is 18.8. The molecule has 4 aromatic heterocycles. The summed E-state index contributed by atoms with van der Waals surface area (Å²) in [7, 11) is 12.6. The molecule has 4 aromatic carbocycles. The Labute approximate surface area is 577 Å². The SMILES string of the molecule is CC(C)O.COC(=O)c1cnc(Nc2cc([N+](=O)[O-])c(N3CCC4(CCN(C)CC4)CC3)cc2OC)nc1-c1cn(C)c2ccccc12.COc1cc(N2CCC3(CCN(C)CC3)CC2)c([N+](=O)[O-])cc1Nc1ncc(C(=O)OC(C)C)c(-c2cn(C)c3ccccc23)n1.[H-].[Na+]. The number of para-hydroxylation sites is 2. The number of nitro benzene ring substituents is 2. The summed E-state index contributed by atoms with van der Waals surface area (Å²) in [5, 5.41) is 40.9. The van der Waals surface area contributed by atoms with Crippen LogP contribution in [-0.2, 0) is 23.6 Å². The molecule has 12 rings (SSSR count). The quantitative estimate of drug-likeness (QED) is 0.0373. The number of aliphatic hydroxyl groups excluding tert-OH is 1. The van der Waals surface area contributed by atoms with E-state index in [9.17, 15) is 29.8 Å². The van der Waals surface area contributed by atoms with E-state index in [4.69, 9.17) is 34.0 Å². The average Bonchev–Trinajstić information content (AvgIpc) is 1.41. The fourth-order valence-corrected chi connectivity index (χ4v) is 13.4. The summed E-state index contributed by atoms with van der Waals surface area (Å²) >= 11 is 0. The van der Waals surface area contributed by atoms with E-state index in [1.54, 1.807) is 39.8 Å². The second-order valence-corrected chi connectivity index (χ2v) is 25.7. The van der Waals surface area contributed by atoms with Gasteiger partial charge in [0.15, 0.2) is 0 Å². The minimum Gasteiger partial charge on any atom is -1.00 e. The molecule has 2 spiro atoms. The van der Waals surface area contributed by atoms with Crippen LogP contribution in [0.15, 0.2) is 97.6 Å². The molecule has 8 aromatic rings. The first-order chi connectivity index (χ1) is 45.0. The number of methoxy groups -OCH3 is 3. The molecule has 4 saturated heterocycles. The molecule has 25 nitrogen and oxygen atoms in total. The number of hydrogen-bond donors (Lipinski definition) is 3. The summed E-state index contributed by atoms with van der Waals surface area (Å²) in [6.07, 6.45) is 14.9. The van der Waals surface area contributed by atoms with Crippen molar-refractivity contribution in [1.82, 2.24) is 38.9 Å². The first kappa shape index (κ1) is 70.8. The number of hydrogen-bond acceptors (Lipinski definition) is 21. The monoisotopic (exact) mass is 1310 g/mol. The van der Waals surface area contributed by atoms with E-state index < -0.39 is 11.9 Å². The molecule has 0 aliphatic carbocycles. The maximum Gasteiger partial charge on any atom is 1.00 e. The Morgan fingerprint density at radius 2 is 0.937 bits per heavy atom. The molecule has 0 amide bonds. The van der Waals surface area contributed by atoms with Crippen LogP contribution in [-0.4, -0.2) is 166 Å². The second kappa shape index (κ2) is 30.5. The fraction of sp³-hybridized carbons (Fsp3) is 0.449. The van der Waals surface area contributed by atoms with E-state index in [1.165, 1.54) is 71.5 Å². The number of esters is 2. The molecule has 0 bridgehead atoms. The number of anilines is 6. The molecule has 95 heavy (non-hydrogen) atoms. The minimum atomic E-state index is -0.569. The molecule has 0 saturated carbocycles. The molecule has 0 radical (unpaired) electrons. The smallest absolute Gasteiger partial charge is 1.00 e. The van der Waals surface area contributed by atoms with Gasteiger partial charge in [-0.2, -0.15) is 0 Å². The standard InChI is InChI=1S/C34H41N7O5.C32H37N7O5.C3H8O.Na.H/c1-22(2)46-32(42)24-20-35-33(37-31(24)25-21-39(4)27-9-7-6-8-23(25)27)36-26-18-29(41(43)44)28(19-30(26)45-5)40-16-12-34(13-17-40)10-14-38(3)15-11-34;1-36-13-9-32(10-14-36)11-15-38(16-12-32)26-18-28(43-3)24(17-27(26)39(41)42)34-31-33-19-22(30(40)44-4)29(35-31)23-20-37(2)25-8-6-5-7-21(23)25;1-3(2)4;;/h6-9,18-22H,10-17H2,1-5H3,(H,35,36,37);5-8,17-20H,9-16H2,1-4H3,(H,33,34,35);3-4H,1-2H3;;/q;;;+1;-1. The van der Waals surface area contributed by atoms with Crippen molar-refractivity contribution in [2.75, 3.05) is 108 Å². The van der Waals surface area contributed by atoms with Gasteiger partial charge >= 0.3 is 41.5 Å². The molecule has 4 aliphatic rings. The van der Waals surface area contributed by atoms with E-state index in [0.29, 0.717) is 56.5 Å². The third kappa shape index (κ3) is 15.9. The molecular formula is C69H87N14NaO11. The molecule has 3 N–H and O–H groups in total. The molecule has 4 fully saturated rings. The average molecular weight is 1310 g/mol. The Hall–Kier alpha value is -8.46. The number of nitrogens with one attached hydrogen (secondary N) is 2. The number of aliphatic hydroxyl groups is 1. The zero-order valence-electron chi connectivity index (χ0n) is 57.6. The van der Waals surface area contributed by atoms with E-state index in [2.05, 4.69) is 54.3 Å². The van der Waals surface area contributed by atoms with Gasteiger partial charge < -0.3 is 64.8 Å². The summed E-state index contributed by atoms with van der Waals surface area (Å²) in [5.74, 6) is 0.0669. The molecule has 0 unspecified atom stereocenters. The first-order valence-corrected chi connectivity index (χ1v) is 32.0. The molecule has 8 heterocycles. The maximum atomic E-state index is 13.2. The number of carbonyl (C=O) groups is 2. The van der Waals surface area contributed by atoms with Crippen LogP contribution in [0.3, 0.4) is 0 Å². The maximum absolute atomic E-state index is 13.2. The van der Waals surface area contributed by atoms with Gasteiger partial charge in [0.1, 0.15) is 34.0 Å². The number of aromatic nitrogens is 6. The van der Waals surface area contributed by atoms with Gasteiger partial charge in [-0.1, -0.05) is 36.4 Å². The van der Waals surface area contributed by atoms with E-state index in [0.717, 1.165) is 111 Å². The van der Waals surface area contributed by atoms with E-state index >= 15 is 0 Å². The van der Waals surface area contributed by atoms with Crippen molar-refractivity contribution in [3.8, 4) is 34.0 Å². The number of aryl methyl sites for hydroxylation is 2. The summed E-state index contributed by atoms with van der Waals surface area (Å²) in [6, 6.07) is 22.1. The van der Waals surface area contributed by atoms with Crippen molar-refractivity contribution in [3.63, 3.8) is 0 Å². The van der Waals surface area contributed by atoms with E-state index in [-0.39, 0.29) is 87.4 Å². The van der Waals surface area contributed by atoms with Crippen molar-refractivity contribution < 1.29 is 74.5 Å². The van der Waals surface area contributed by atoms with Gasteiger partial charge in [-0.15, -0.1) is 0 Å². The summed E-state index contributed by atoms with van der Waals surface area (Å²) in [4.78, 5) is 77.1. The Bertz CT molecular complexity index is 4070.